The molecule has 0 N–H and O–H groups in total. The highest BCUT2D eigenvalue weighted by Crippen LogP contribution is 2.37. The van der Waals surface area contributed by atoms with Crippen LogP contribution >= 0.6 is 0 Å². The predicted octanol–water partition coefficient (Wildman–Crippen LogP) is 3.55. The molecule has 2 atom stereocenters. The fraction of sp³-hybridized carbons (Fsp3) is 0.522. The van der Waals surface area contributed by atoms with E-state index in [2.05, 4.69) is 17.1 Å². The van der Waals surface area contributed by atoms with Gasteiger partial charge in [0.2, 0.25) is 0 Å². The standard InChI is InChI=1S/C23H27N3O2/c27-22(18-8-10-24-11-9-18)25-13-16-12-19(15-25)21-7-6-20(23(28)26(21)14-16)17-4-2-1-3-5-17/h6-11,16-17,19H,1-5,12-15H2/t16-,19-/m1/s1. The first-order valence-corrected chi connectivity index (χ1v) is 10.6. The van der Waals surface area contributed by atoms with Crippen LogP contribution in [0.15, 0.2) is 41.5 Å². The number of carbonyl (C=O) groups is 1. The van der Waals surface area contributed by atoms with Crippen molar-refractivity contribution in [2.75, 3.05) is 13.1 Å². The van der Waals surface area contributed by atoms with Crippen LogP contribution < -0.4 is 5.56 Å². The SMILES string of the molecule is O=C(c1ccncc1)N1C[C@H]2C[C@H](C1)c1ccc(C3CCCCC3)c(=O)n1C2. The summed E-state index contributed by atoms with van der Waals surface area (Å²) in [5, 5.41) is 0. The smallest absolute Gasteiger partial charge is 0.254 e. The molecule has 2 aromatic heterocycles. The van der Waals surface area contributed by atoms with Crippen molar-refractivity contribution in [2.45, 2.75) is 56.9 Å². The van der Waals surface area contributed by atoms with Gasteiger partial charge in [0.1, 0.15) is 0 Å². The Bertz CT molecular complexity index is 931. The van der Waals surface area contributed by atoms with Gasteiger partial charge in [-0.2, -0.15) is 0 Å². The van der Waals surface area contributed by atoms with E-state index in [1.165, 1.54) is 19.3 Å². The normalized spacial score (nSPS) is 24.6. The fourth-order valence-corrected chi connectivity index (χ4v) is 5.53. The highest BCUT2D eigenvalue weighted by Gasteiger charge is 2.37. The zero-order chi connectivity index (χ0) is 19.1. The van der Waals surface area contributed by atoms with Crippen molar-refractivity contribution in [2.24, 2.45) is 5.92 Å². The number of hydrogen-bond acceptors (Lipinski definition) is 3. The Hall–Kier alpha value is -2.43. The van der Waals surface area contributed by atoms with Gasteiger partial charge in [0.05, 0.1) is 0 Å². The summed E-state index contributed by atoms with van der Waals surface area (Å²) in [6, 6.07) is 7.82. The van der Waals surface area contributed by atoms with Crippen molar-refractivity contribution in [1.29, 1.82) is 0 Å². The number of rotatable bonds is 2. The minimum absolute atomic E-state index is 0.0757. The molecule has 2 aliphatic heterocycles. The summed E-state index contributed by atoms with van der Waals surface area (Å²) in [7, 11) is 0. The zero-order valence-electron chi connectivity index (χ0n) is 16.2. The molecule has 0 radical (unpaired) electrons. The van der Waals surface area contributed by atoms with Gasteiger partial charge in [-0.1, -0.05) is 25.3 Å². The van der Waals surface area contributed by atoms with Crippen LogP contribution in [-0.4, -0.2) is 33.4 Å². The van der Waals surface area contributed by atoms with E-state index < -0.39 is 0 Å². The second-order valence-electron chi connectivity index (χ2n) is 8.71. The molecule has 146 valence electrons. The molecule has 3 aliphatic rings. The van der Waals surface area contributed by atoms with Gasteiger partial charge in [0.15, 0.2) is 0 Å². The van der Waals surface area contributed by atoms with Crippen LogP contribution in [0.3, 0.4) is 0 Å². The molecule has 2 bridgehead atoms. The first-order valence-electron chi connectivity index (χ1n) is 10.6. The maximum absolute atomic E-state index is 13.3. The van der Waals surface area contributed by atoms with Gasteiger partial charge in [-0.05, 0) is 49.3 Å². The summed E-state index contributed by atoms with van der Waals surface area (Å²) >= 11 is 0. The quantitative estimate of drug-likeness (QED) is 0.804. The van der Waals surface area contributed by atoms with Crippen molar-refractivity contribution in [3.05, 3.63) is 63.8 Å². The Labute approximate surface area is 165 Å². The van der Waals surface area contributed by atoms with Gasteiger partial charge >= 0.3 is 0 Å². The number of amides is 1. The van der Waals surface area contributed by atoms with E-state index in [9.17, 15) is 9.59 Å². The van der Waals surface area contributed by atoms with Crippen LogP contribution in [0.1, 0.15) is 72.0 Å². The summed E-state index contributed by atoms with van der Waals surface area (Å²) in [6.45, 7) is 2.17. The molecule has 2 fully saturated rings. The Balaban J connectivity index is 1.42. The monoisotopic (exact) mass is 377 g/mol. The van der Waals surface area contributed by atoms with Crippen LogP contribution in [0.4, 0.5) is 0 Å². The lowest BCUT2D eigenvalue weighted by molar-refractivity contribution is 0.0594. The molecule has 1 aliphatic carbocycles. The Kier molecular flexibility index (Phi) is 4.53. The van der Waals surface area contributed by atoms with Crippen molar-refractivity contribution < 1.29 is 4.79 Å². The topological polar surface area (TPSA) is 55.2 Å². The molecule has 0 aromatic carbocycles. The average molecular weight is 377 g/mol. The molecule has 1 saturated heterocycles. The van der Waals surface area contributed by atoms with Crippen molar-refractivity contribution in [3.63, 3.8) is 0 Å². The number of piperidine rings is 1. The number of likely N-dealkylation sites (tertiary alicyclic amines) is 1. The molecule has 28 heavy (non-hydrogen) atoms. The summed E-state index contributed by atoms with van der Waals surface area (Å²) in [6.07, 6.45) is 10.5. The van der Waals surface area contributed by atoms with Crippen molar-refractivity contribution in [3.8, 4) is 0 Å². The molecule has 1 amide bonds. The molecule has 0 spiro atoms. The van der Waals surface area contributed by atoms with Crippen LogP contribution in [0, 0.1) is 5.92 Å². The first kappa shape index (κ1) is 17.7. The van der Waals surface area contributed by atoms with Crippen LogP contribution in [-0.2, 0) is 6.54 Å². The van der Waals surface area contributed by atoms with Gasteiger partial charge in [-0.3, -0.25) is 14.6 Å². The Morgan fingerprint density at radius 3 is 2.50 bits per heavy atom. The molecule has 5 heteroatoms. The number of fused-ring (bicyclic) bond motifs is 4. The number of hydrogen-bond donors (Lipinski definition) is 0. The number of carbonyl (C=O) groups excluding carboxylic acids is 1. The second-order valence-corrected chi connectivity index (χ2v) is 8.71. The Morgan fingerprint density at radius 1 is 0.929 bits per heavy atom. The molecular weight excluding hydrogens is 350 g/mol. The van der Waals surface area contributed by atoms with E-state index in [0.29, 0.717) is 23.9 Å². The highest BCUT2D eigenvalue weighted by molar-refractivity contribution is 5.94. The highest BCUT2D eigenvalue weighted by atomic mass is 16.2. The summed E-state index contributed by atoms with van der Waals surface area (Å²) < 4.78 is 2.04. The van der Waals surface area contributed by atoms with Crippen LogP contribution in [0.25, 0.3) is 0 Å². The van der Waals surface area contributed by atoms with Crippen LogP contribution in [0.2, 0.25) is 0 Å². The fourth-order valence-electron chi connectivity index (χ4n) is 5.53. The summed E-state index contributed by atoms with van der Waals surface area (Å²) in [4.78, 5) is 32.1. The minimum Gasteiger partial charge on any atom is -0.338 e. The van der Waals surface area contributed by atoms with Crippen molar-refractivity contribution in [1.82, 2.24) is 14.5 Å². The van der Waals surface area contributed by atoms with Crippen molar-refractivity contribution >= 4 is 5.91 Å². The first-order chi connectivity index (χ1) is 13.7. The second kappa shape index (κ2) is 7.19. The molecule has 1 saturated carbocycles. The van der Waals surface area contributed by atoms with Gasteiger partial charge in [0, 0.05) is 54.8 Å². The molecule has 4 heterocycles. The van der Waals surface area contributed by atoms with E-state index in [-0.39, 0.29) is 17.4 Å². The van der Waals surface area contributed by atoms with Gasteiger partial charge in [-0.25, -0.2) is 0 Å². The molecule has 2 aromatic rings. The molecule has 5 rings (SSSR count). The average Bonchev–Trinajstić information content (AvgIpc) is 2.75. The lowest BCUT2D eigenvalue weighted by Crippen LogP contribution is -2.49. The van der Waals surface area contributed by atoms with Gasteiger partial charge in [-0.15, -0.1) is 0 Å². The minimum atomic E-state index is 0.0757. The number of aromatic nitrogens is 2. The van der Waals surface area contributed by atoms with Gasteiger partial charge in [0.25, 0.3) is 11.5 Å². The Morgan fingerprint density at radius 2 is 1.71 bits per heavy atom. The lowest BCUT2D eigenvalue weighted by Gasteiger charge is -2.43. The maximum atomic E-state index is 13.3. The zero-order valence-corrected chi connectivity index (χ0v) is 16.2. The third-order valence-corrected chi connectivity index (χ3v) is 6.89. The van der Waals surface area contributed by atoms with E-state index in [4.69, 9.17) is 0 Å². The van der Waals surface area contributed by atoms with E-state index in [1.54, 1.807) is 24.5 Å². The van der Waals surface area contributed by atoms with E-state index in [0.717, 1.165) is 43.6 Å². The third kappa shape index (κ3) is 3.07. The largest absolute Gasteiger partial charge is 0.338 e. The molecular formula is C23H27N3O2. The number of pyridine rings is 2. The van der Waals surface area contributed by atoms with E-state index >= 15 is 0 Å². The lowest BCUT2D eigenvalue weighted by atomic mass is 9.81. The molecule has 5 nitrogen and oxygen atoms in total. The maximum Gasteiger partial charge on any atom is 0.254 e. The van der Waals surface area contributed by atoms with Gasteiger partial charge < -0.3 is 9.47 Å². The predicted molar refractivity (Wildman–Crippen MR) is 108 cm³/mol. The number of nitrogens with zero attached hydrogens (tertiary/aromatic N) is 3. The third-order valence-electron chi connectivity index (χ3n) is 6.89. The van der Waals surface area contributed by atoms with E-state index in [1.807, 2.05) is 9.47 Å². The molecule has 0 unspecified atom stereocenters. The van der Waals surface area contributed by atoms with Crippen LogP contribution in [0.5, 0.6) is 0 Å². The summed E-state index contributed by atoms with van der Waals surface area (Å²) in [5.74, 6) is 1.13. The summed E-state index contributed by atoms with van der Waals surface area (Å²) in [5.41, 5.74) is 3.06.